The summed E-state index contributed by atoms with van der Waals surface area (Å²) in [6, 6.07) is 0. The van der Waals surface area contributed by atoms with E-state index in [0.717, 1.165) is 54.7 Å². The van der Waals surface area contributed by atoms with Gasteiger partial charge in [-0.3, -0.25) is 0 Å². The molecule has 20 heavy (non-hydrogen) atoms. The Hall–Kier alpha value is -0.830. The summed E-state index contributed by atoms with van der Waals surface area (Å²) in [5.74, 6) is 6.51. The first kappa shape index (κ1) is 12.9. The third kappa shape index (κ3) is 2.02. The Balaban J connectivity index is 1.59. The van der Waals surface area contributed by atoms with E-state index in [4.69, 9.17) is 15.1 Å². The Bertz CT molecular complexity index is 465. The summed E-state index contributed by atoms with van der Waals surface area (Å²) in [5.41, 5.74) is 6.89. The van der Waals surface area contributed by atoms with Crippen LogP contribution >= 0.6 is 0 Å². The number of aryl methyl sites for hydroxylation is 2. The molecule has 3 heteroatoms. The second-order valence-electron chi connectivity index (χ2n) is 7.40. The second-order valence-corrected chi connectivity index (χ2v) is 7.40. The maximum atomic E-state index is 5.91. The van der Waals surface area contributed by atoms with Crippen molar-refractivity contribution >= 4 is 0 Å². The van der Waals surface area contributed by atoms with E-state index < -0.39 is 0 Å². The van der Waals surface area contributed by atoms with Crippen molar-refractivity contribution in [3.8, 4) is 0 Å². The van der Waals surface area contributed by atoms with Gasteiger partial charge in [0.25, 0.3) is 0 Å². The topological polar surface area (TPSA) is 52.0 Å². The zero-order chi connectivity index (χ0) is 13.7. The van der Waals surface area contributed by atoms with E-state index in [1.54, 1.807) is 0 Å². The molecule has 0 aromatic carbocycles. The molecule has 4 saturated carbocycles. The van der Waals surface area contributed by atoms with Crippen LogP contribution in [0.3, 0.4) is 0 Å². The largest absolute Gasteiger partial charge is 0.446 e. The Labute approximate surface area is 121 Å². The maximum Gasteiger partial charge on any atom is 0.194 e. The standard InChI is InChI=1S/C17H26N2O/c1-10-17(19-15(20-10)3-2-4-18)16-13-6-11-5-12(8-13)9-14(16)7-11/h11-14,16H,2-9,18H2,1H3. The fourth-order valence-electron chi connectivity index (χ4n) is 5.51. The van der Waals surface area contributed by atoms with Crippen molar-refractivity contribution in [1.29, 1.82) is 0 Å². The number of nitrogens with zero attached hydrogens (tertiary/aromatic N) is 1. The lowest BCUT2D eigenvalue weighted by Gasteiger charge is -2.54. The van der Waals surface area contributed by atoms with Crippen molar-refractivity contribution in [3.05, 3.63) is 17.3 Å². The molecule has 4 fully saturated rings. The van der Waals surface area contributed by atoms with Gasteiger partial charge in [-0.25, -0.2) is 4.98 Å². The molecule has 0 unspecified atom stereocenters. The van der Waals surface area contributed by atoms with Crippen LogP contribution in [0.4, 0.5) is 0 Å². The molecule has 1 heterocycles. The number of nitrogens with two attached hydrogens (primary N) is 1. The average molecular weight is 274 g/mol. The number of hydrogen-bond donors (Lipinski definition) is 1. The van der Waals surface area contributed by atoms with E-state index in [1.165, 1.54) is 37.8 Å². The van der Waals surface area contributed by atoms with Crippen LogP contribution in [-0.4, -0.2) is 11.5 Å². The highest BCUT2D eigenvalue weighted by atomic mass is 16.4. The van der Waals surface area contributed by atoms with Crippen LogP contribution < -0.4 is 5.73 Å². The Morgan fingerprint density at radius 3 is 2.35 bits per heavy atom. The molecule has 4 aliphatic rings. The van der Waals surface area contributed by atoms with Gasteiger partial charge in [0.1, 0.15) is 5.76 Å². The monoisotopic (exact) mass is 274 g/mol. The van der Waals surface area contributed by atoms with Gasteiger partial charge in [0.05, 0.1) is 5.69 Å². The van der Waals surface area contributed by atoms with Gasteiger partial charge in [0.15, 0.2) is 5.89 Å². The SMILES string of the molecule is Cc1oc(CCCN)nc1C1C2CC3CC(C2)CC1C3. The third-order valence-corrected chi connectivity index (χ3v) is 6.01. The van der Waals surface area contributed by atoms with Crippen LogP contribution in [0.15, 0.2) is 4.42 Å². The number of oxazole rings is 1. The molecule has 0 spiro atoms. The first-order chi connectivity index (χ1) is 9.74. The average Bonchev–Trinajstić information content (AvgIpc) is 2.76. The third-order valence-electron chi connectivity index (χ3n) is 6.01. The molecule has 0 radical (unpaired) electrons. The molecule has 5 rings (SSSR count). The molecule has 4 aliphatic carbocycles. The van der Waals surface area contributed by atoms with Crippen LogP contribution in [0.2, 0.25) is 0 Å². The van der Waals surface area contributed by atoms with Gasteiger partial charge in [-0.2, -0.15) is 0 Å². The number of hydrogen-bond acceptors (Lipinski definition) is 3. The highest BCUT2D eigenvalue weighted by molar-refractivity contribution is 5.20. The molecule has 110 valence electrons. The molecule has 0 atom stereocenters. The normalized spacial score (nSPS) is 38.6. The predicted octanol–water partition coefficient (Wildman–Crippen LogP) is 3.41. The highest BCUT2D eigenvalue weighted by Crippen LogP contribution is 2.59. The molecule has 0 amide bonds. The molecule has 3 nitrogen and oxygen atoms in total. The zero-order valence-electron chi connectivity index (χ0n) is 12.5. The summed E-state index contributed by atoms with van der Waals surface area (Å²) in [4.78, 5) is 4.87. The van der Waals surface area contributed by atoms with Crippen molar-refractivity contribution in [2.75, 3.05) is 6.54 Å². The number of rotatable bonds is 4. The lowest BCUT2D eigenvalue weighted by atomic mass is 9.51. The number of aromatic nitrogens is 1. The summed E-state index contributed by atoms with van der Waals surface area (Å²) in [6.07, 6.45) is 9.17. The van der Waals surface area contributed by atoms with E-state index in [9.17, 15) is 0 Å². The van der Waals surface area contributed by atoms with Gasteiger partial charge in [0.2, 0.25) is 0 Å². The summed E-state index contributed by atoms with van der Waals surface area (Å²) in [6.45, 7) is 2.83. The summed E-state index contributed by atoms with van der Waals surface area (Å²) >= 11 is 0. The lowest BCUT2D eigenvalue weighted by Crippen LogP contribution is -2.44. The van der Waals surface area contributed by atoms with Gasteiger partial charge in [0, 0.05) is 12.3 Å². The van der Waals surface area contributed by atoms with Crippen LogP contribution in [0.1, 0.15) is 61.8 Å². The van der Waals surface area contributed by atoms with Crippen LogP contribution in [0.25, 0.3) is 0 Å². The minimum absolute atomic E-state index is 0.693. The zero-order valence-corrected chi connectivity index (χ0v) is 12.5. The van der Waals surface area contributed by atoms with Crippen LogP contribution in [0.5, 0.6) is 0 Å². The Kier molecular flexibility index (Phi) is 3.13. The second kappa shape index (κ2) is 4.87. The van der Waals surface area contributed by atoms with Gasteiger partial charge < -0.3 is 10.2 Å². The molecule has 0 aliphatic heterocycles. The molecule has 0 saturated heterocycles. The van der Waals surface area contributed by atoms with Crippen molar-refractivity contribution in [2.24, 2.45) is 29.4 Å². The van der Waals surface area contributed by atoms with E-state index >= 15 is 0 Å². The van der Waals surface area contributed by atoms with Crippen molar-refractivity contribution in [2.45, 2.75) is 57.8 Å². The van der Waals surface area contributed by atoms with Gasteiger partial charge in [-0.15, -0.1) is 0 Å². The van der Waals surface area contributed by atoms with Crippen molar-refractivity contribution < 1.29 is 4.42 Å². The van der Waals surface area contributed by atoms with Crippen molar-refractivity contribution in [3.63, 3.8) is 0 Å². The van der Waals surface area contributed by atoms with E-state index in [2.05, 4.69) is 6.92 Å². The molecule has 1 aromatic rings. The Morgan fingerprint density at radius 2 is 1.75 bits per heavy atom. The summed E-state index contributed by atoms with van der Waals surface area (Å²) < 4.78 is 5.91. The molecule has 4 bridgehead atoms. The first-order valence-corrected chi connectivity index (χ1v) is 8.41. The molecule has 1 aromatic heterocycles. The van der Waals surface area contributed by atoms with E-state index in [-0.39, 0.29) is 0 Å². The molecular weight excluding hydrogens is 248 g/mol. The van der Waals surface area contributed by atoms with Crippen LogP contribution in [-0.2, 0) is 6.42 Å². The van der Waals surface area contributed by atoms with Gasteiger partial charge in [-0.05, 0) is 75.7 Å². The predicted molar refractivity (Wildman–Crippen MR) is 78.4 cm³/mol. The summed E-state index contributed by atoms with van der Waals surface area (Å²) in [5, 5.41) is 0. The first-order valence-electron chi connectivity index (χ1n) is 8.41. The minimum atomic E-state index is 0.693. The molecular formula is C17H26N2O. The van der Waals surface area contributed by atoms with Crippen LogP contribution in [0, 0.1) is 30.6 Å². The minimum Gasteiger partial charge on any atom is -0.446 e. The van der Waals surface area contributed by atoms with E-state index in [1.807, 2.05) is 0 Å². The quantitative estimate of drug-likeness (QED) is 0.915. The maximum absolute atomic E-state index is 5.91. The lowest BCUT2D eigenvalue weighted by molar-refractivity contribution is -0.00446. The van der Waals surface area contributed by atoms with E-state index in [0.29, 0.717) is 5.92 Å². The summed E-state index contributed by atoms with van der Waals surface area (Å²) in [7, 11) is 0. The van der Waals surface area contributed by atoms with Gasteiger partial charge in [-0.1, -0.05) is 0 Å². The molecule has 2 N–H and O–H groups in total. The van der Waals surface area contributed by atoms with Crippen molar-refractivity contribution in [1.82, 2.24) is 4.98 Å². The fourth-order valence-corrected chi connectivity index (χ4v) is 5.51. The fraction of sp³-hybridized carbons (Fsp3) is 0.824. The smallest absolute Gasteiger partial charge is 0.194 e. The Morgan fingerprint density at radius 1 is 1.10 bits per heavy atom. The highest BCUT2D eigenvalue weighted by Gasteiger charge is 2.49. The van der Waals surface area contributed by atoms with Gasteiger partial charge >= 0.3 is 0 Å².